The van der Waals surface area contributed by atoms with Gasteiger partial charge in [-0.2, -0.15) is 0 Å². The molecule has 2 aromatic rings. The second-order valence-electron chi connectivity index (χ2n) is 4.56. The molecule has 0 spiro atoms. The van der Waals surface area contributed by atoms with E-state index >= 15 is 0 Å². The van der Waals surface area contributed by atoms with Gasteiger partial charge in [-0.1, -0.05) is 48.9 Å². The molecule has 2 rings (SSSR count). The summed E-state index contributed by atoms with van der Waals surface area (Å²) in [5.41, 5.74) is 1.38. The topological polar surface area (TPSA) is 12.0 Å². The summed E-state index contributed by atoms with van der Waals surface area (Å²) >= 11 is 5.66. The molecule has 0 atom stereocenters. The monoisotopic (exact) mass is 261 g/mol. The number of rotatable bonds is 7. The van der Waals surface area contributed by atoms with Crippen molar-refractivity contribution in [2.75, 3.05) is 12.4 Å². The van der Waals surface area contributed by atoms with Crippen LogP contribution in [0.2, 0.25) is 0 Å². The Labute approximate surface area is 114 Å². The minimum atomic E-state index is 0.781. The molecule has 2 heteroatoms. The summed E-state index contributed by atoms with van der Waals surface area (Å²) in [6.45, 7) is 2.02. The quantitative estimate of drug-likeness (QED) is 0.578. The zero-order chi connectivity index (χ0) is 12.6. The number of hydrogen-bond donors (Lipinski definition) is 1. The molecule has 0 saturated heterocycles. The van der Waals surface area contributed by atoms with Crippen LogP contribution in [0.1, 0.15) is 24.8 Å². The van der Waals surface area contributed by atoms with Gasteiger partial charge in [0.1, 0.15) is 0 Å². The molecule has 0 aliphatic rings. The first kappa shape index (κ1) is 13.4. The van der Waals surface area contributed by atoms with Crippen molar-refractivity contribution in [3.05, 3.63) is 48.0 Å². The van der Waals surface area contributed by atoms with E-state index in [0.29, 0.717) is 0 Å². The molecular weight excluding hydrogens is 242 g/mol. The predicted octanol–water partition coefficient (Wildman–Crippen LogP) is 4.34. The van der Waals surface area contributed by atoms with E-state index in [2.05, 4.69) is 47.8 Å². The minimum Gasteiger partial charge on any atom is -0.313 e. The van der Waals surface area contributed by atoms with Crippen LogP contribution in [-0.4, -0.2) is 12.4 Å². The summed E-state index contributed by atoms with van der Waals surface area (Å²) in [6.07, 6.45) is 3.54. The van der Waals surface area contributed by atoms with Crippen molar-refractivity contribution >= 4 is 22.4 Å². The summed E-state index contributed by atoms with van der Waals surface area (Å²) in [5, 5.41) is 6.18. The van der Waals surface area contributed by atoms with E-state index in [4.69, 9.17) is 11.6 Å². The van der Waals surface area contributed by atoms with Crippen LogP contribution in [0.3, 0.4) is 0 Å². The largest absolute Gasteiger partial charge is 0.313 e. The molecule has 18 heavy (non-hydrogen) atoms. The van der Waals surface area contributed by atoms with Gasteiger partial charge in [-0.15, -0.1) is 11.6 Å². The van der Waals surface area contributed by atoms with Crippen molar-refractivity contribution in [2.45, 2.75) is 25.8 Å². The first-order valence-electron chi connectivity index (χ1n) is 6.65. The van der Waals surface area contributed by atoms with Crippen LogP contribution in [0.15, 0.2) is 42.5 Å². The Kier molecular flexibility index (Phi) is 5.50. The summed E-state index contributed by atoms with van der Waals surface area (Å²) in [5.74, 6) is 0.781. The lowest BCUT2D eigenvalue weighted by molar-refractivity contribution is 0.619. The zero-order valence-electron chi connectivity index (χ0n) is 10.7. The maximum atomic E-state index is 5.66. The lowest BCUT2D eigenvalue weighted by Gasteiger charge is -2.08. The highest BCUT2D eigenvalue weighted by atomic mass is 35.5. The Morgan fingerprint density at radius 3 is 2.61 bits per heavy atom. The fraction of sp³-hybridized carbons (Fsp3) is 0.375. The molecule has 0 saturated carbocycles. The fourth-order valence-corrected chi connectivity index (χ4v) is 2.38. The van der Waals surface area contributed by atoms with Gasteiger partial charge in [-0.05, 0) is 35.7 Å². The smallest absolute Gasteiger partial charge is 0.0223 e. The second kappa shape index (κ2) is 7.40. The molecule has 1 N–H and O–H groups in total. The Morgan fingerprint density at radius 2 is 1.72 bits per heavy atom. The van der Waals surface area contributed by atoms with Gasteiger partial charge in [-0.3, -0.25) is 0 Å². The first-order valence-corrected chi connectivity index (χ1v) is 7.18. The lowest BCUT2D eigenvalue weighted by Crippen LogP contribution is -2.14. The fourth-order valence-electron chi connectivity index (χ4n) is 2.19. The van der Waals surface area contributed by atoms with Crippen LogP contribution in [0, 0.1) is 0 Å². The molecule has 0 fully saturated rings. The Balaban J connectivity index is 1.88. The maximum Gasteiger partial charge on any atom is 0.0223 e. The molecule has 0 heterocycles. The van der Waals surface area contributed by atoms with E-state index in [-0.39, 0.29) is 0 Å². The molecule has 0 aliphatic heterocycles. The maximum absolute atomic E-state index is 5.66. The molecular formula is C16H20ClN. The van der Waals surface area contributed by atoms with E-state index in [0.717, 1.165) is 25.4 Å². The van der Waals surface area contributed by atoms with Gasteiger partial charge in [-0.25, -0.2) is 0 Å². The van der Waals surface area contributed by atoms with E-state index in [1.165, 1.54) is 29.2 Å². The van der Waals surface area contributed by atoms with Crippen LogP contribution in [0.25, 0.3) is 10.8 Å². The van der Waals surface area contributed by atoms with Gasteiger partial charge < -0.3 is 5.32 Å². The van der Waals surface area contributed by atoms with Crippen LogP contribution in [0.4, 0.5) is 0 Å². The van der Waals surface area contributed by atoms with Crippen molar-refractivity contribution in [1.29, 1.82) is 0 Å². The number of benzene rings is 2. The number of fused-ring (bicyclic) bond motifs is 1. The molecule has 1 nitrogen and oxygen atoms in total. The minimum absolute atomic E-state index is 0.781. The molecule has 0 bridgehead atoms. The van der Waals surface area contributed by atoms with Crippen molar-refractivity contribution in [2.24, 2.45) is 0 Å². The Morgan fingerprint density at radius 1 is 0.889 bits per heavy atom. The molecule has 0 amide bonds. The SMILES string of the molecule is ClCCCCCNCc1cccc2ccccc12. The summed E-state index contributed by atoms with van der Waals surface area (Å²) in [4.78, 5) is 0. The molecule has 0 unspecified atom stereocenters. The normalized spacial score (nSPS) is 10.9. The standard InChI is InChI=1S/C16H20ClN/c17-11-4-1-5-12-18-13-15-9-6-8-14-7-2-3-10-16(14)15/h2-3,6-10,18H,1,4-5,11-13H2. The van der Waals surface area contributed by atoms with Gasteiger partial charge in [0, 0.05) is 12.4 Å². The lowest BCUT2D eigenvalue weighted by atomic mass is 10.0. The summed E-state index contributed by atoms with van der Waals surface area (Å²) in [6, 6.07) is 15.1. The van der Waals surface area contributed by atoms with Crippen LogP contribution >= 0.6 is 11.6 Å². The van der Waals surface area contributed by atoms with E-state index in [1.807, 2.05) is 0 Å². The Hall–Kier alpha value is -1.05. The van der Waals surface area contributed by atoms with Gasteiger partial charge in [0.25, 0.3) is 0 Å². The number of unbranched alkanes of at least 4 members (excludes halogenated alkanes) is 2. The molecule has 0 aliphatic carbocycles. The van der Waals surface area contributed by atoms with Gasteiger partial charge >= 0.3 is 0 Å². The van der Waals surface area contributed by atoms with Crippen molar-refractivity contribution in [3.63, 3.8) is 0 Å². The van der Waals surface area contributed by atoms with E-state index in [9.17, 15) is 0 Å². The van der Waals surface area contributed by atoms with Crippen molar-refractivity contribution in [1.82, 2.24) is 5.32 Å². The third kappa shape index (κ3) is 3.72. The number of alkyl halides is 1. The molecule has 0 radical (unpaired) electrons. The van der Waals surface area contributed by atoms with E-state index < -0.39 is 0 Å². The van der Waals surface area contributed by atoms with Gasteiger partial charge in [0.2, 0.25) is 0 Å². The third-order valence-electron chi connectivity index (χ3n) is 3.18. The second-order valence-corrected chi connectivity index (χ2v) is 4.94. The molecule has 0 aromatic heterocycles. The van der Waals surface area contributed by atoms with Gasteiger partial charge in [0.05, 0.1) is 0 Å². The summed E-state index contributed by atoms with van der Waals surface area (Å²) < 4.78 is 0. The average Bonchev–Trinajstić information content (AvgIpc) is 2.43. The predicted molar refractivity (Wildman–Crippen MR) is 80.2 cm³/mol. The van der Waals surface area contributed by atoms with Crippen LogP contribution in [-0.2, 0) is 6.54 Å². The van der Waals surface area contributed by atoms with Crippen molar-refractivity contribution < 1.29 is 0 Å². The third-order valence-corrected chi connectivity index (χ3v) is 3.45. The zero-order valence-corrected chi connectivity index (χ0v) is 11.4. The summed E-state index contributed by atoms with van der Waals surface area (Å²) in [7, 11) is 0. The Bertz CT molecular complexity index is 476. The molecule has 2 aromatic carbocycles. The highest BCUT2D eigenvalue weighted by molar-refractivity contribution is 6.17. The van der Waals surface area contributed by atoms with Crippen LogP contribution < -0.4 is 5.32 Å². The van der Waals surface area contributed by atoms with Crippen LogP contribution in [0.5, 0.6) is 0 Å². The van der Waals surface area contributed by atoms with Gasteiger partial charge in [0.15, 0.2) is 0 Å². The first-order chi connectivity index (χ1) is 8.92. The number of halogens is 1. The number of hydrogen-bond acceptors (Lipinski definition) is 1. The van der Waals surface area contributed by atoms with Crippen molar-refractivity contribution in [3.8, 4) is 0 Å². The highest BCUT2D eigenvalue weighted by Gasteiger charge is 1.99. The average molecular weight is 262 g/mol. The van der Waals surface area contributed by atoms with E-state index in [1.54, 1.807) is 0 Å². The number of nitrogens with one attached hydrogen (secondary N) is 1. The molecule has 96 valence electrons. The highest BCUT2D eigenvalue weighted by Crippen LogP contribution is 2.18.